The van der Waals surface area contributed by atoms with E-state index in [1.54, 1.807) is 12.4 Å². The smallest absolute Gasteiger partial charge is 0.130 e. The Morgan fingerprint density at radius 3 is 2.29 bits per heavy atom. The summed E-state index contributed by atoms with van der Waals surface area (Å²) in [7, 11) is 0. The lowest BCUT2D eigenvalue weighted by Crippen LogP contribution is -2.34. The molecular formula is C32H44N4O2. The number of aliphatic imine (C=N–C) groups is 1. The number of aromatic nitrogens is 3. The maximum absolute atomic E-state index is 9.83. The molecule has 3 aromatic rings. The molecule has 0 saturated heterocycles. The molecule has 38 heavy (non-hydrogen) atoms. The molecule has 2 aromatic heterocycles. The molecule has 0 bridgehead atoms. The van der Waals surface area contributed by atoms with Crippen LogP contribution < -0.4 is 4.74 Å². The second-order valence-corrected chi connectivity index (χ2v) is 10.3. The van der Waals surface area contributed by atoms with Crippen LogP contribution in [-0.2, 0) is 5.54 Å². The predicted molar refractivity (Wildman–Crippen MR) is 160 cm³/mol. The first kappa shape index (κ1) is 30.7. The molecule has 0 aliphatic rings. The van der Waals surface area contributed by atoms with Crippen molar-refractivity contribution >= 4 is 5.71 Å². The van der Waals surface area contributed by atoms with Gasteiger partial charge in [-0.1, -0.05) is 47.3 Å². The van der Waals surface area contributed by atoms with Crippen LogP contribution in [0.4, 0.5) is 0 Å². The molecule has 0 radical (unpaired) electrons. The fraction of sp³-hybridized carbons (Fsp3) is 0.406. The molecule has 1 N–H and O–H groups in total. The fourth-order valence-electron chi connectivity index (χ4n) is 4.31. The molecule has 0 amide bonds. The van der Waals surface area contributed by atoms with Gasteiger partial charge >= 0.3 is 0 Å². The minimum atomic E-state index is -0.289. The molecule has 2 heterocycles. The number of aliphatic hydroxyl groups is 1. The van der Waals surface area contributed by atoms with Crippen molar-refractivity contribution in [1.82, 2.24) is 14.8 Å². The normalized spacial score (nSPS) is 12.3. The molecule has 0 spiro atoms. The van der Waals surface area contributed by atoms with E-state index in [4.69, 9.17) is 9.84 Å². The quantitative estimate of drug-likeness (QED) is 0.250. The van der Waals surface area contributed by atoms with Crippen LogP contribution in [0.1, 0.15) is 61.3 Å². The van der Waals surface area contributed by atoms with Gasteiger partial charge in [0, 0.05) is 42.5 Å². The van der Waals surface area contributed by atoms with Crippen LogP contribution in [0.3, 0.4) is 0 Å². The predicted octanol–water partition coefficient (Wildman–Crippen LogP) is 7.71. The van der Waals surface area contributed by atoms with Gasteiger partial charge in [0.05, 0.1) is 11.3 Å². The lowest BCUT2D eigenvalue weighted by Gasteiger charge is -2.34. The van der Waals surface area contributed by atoms with E-state index in [2.05, 4.69) is 63.4 Å². The van der Waals surface area contributed by atoms with Crippen molar-refractivity contribution in [3.8, 4) is 28.1 Å². The van der Waals surface area contributed by atoms with Crippen molar-refractivity contribution in [3.63, 3.8) is 0 Å². The number of ether oxygens (including phenoxy) is 1. The third-order valence-corrected chi connectivity index (χ3v) is 5.98. The summed E-state index contributed by atoms with van der Waals surface area (Å²) in [6, 6.07) is 12.0. The first-order chi connectivity index (χ1) is 18.2. The third kappa shape index (κ3) is 8.52. The van der Waals surface area contributed by atoms with E-state index in [0.717, 1.165) is 46.7 Å². The molecule has 0 aliphatic carbocycles. The van der Waals surface area contributed by atoms with E-state index in [9.17, 15) is 5.11 Å². The van der Waals surface area contributed by atoms with Crippen molar-refractivity contribution in [3.05, 3.63) is 79.9 Å². The van der Waals surface area contributed by atoms with Crippen LogP contribution in [0.5, 0.6) is 5.75 Å². The van der Waals surface area contributed by atoms with Gasteiger partial charge in [0.2, 0.25) is 0 Å². The Labute approximate surface area is 228 Å². The van der Waals surface area contributed by atoms with Crippen LogP contribution in [0.15, 0.2) is 84.9 Å². The van der Waals surface area contributed by atoms with Gasteiger partial charge < -0.3 is 9.84 Å². The van der Waals surface area contributed by atoms with E-state index < -0.39 is 0 Å². The minimum Gasteiger partial charge on any atom is -0.487 e. The zero-order chi connectivity index (χ0) is 28.2. The summed E-state index contributed by atoms with van der Waals surface area (Å²) in [5, 5.41) is 14.9. The largest absolute Gasteiger partial charge is 0.487 e. The Balaban J connectivity index is 0.00000247. The zero-order valence-electron chi connectivity index (χ0n) is 24.1. The zero-order valence-corrected chi connectivity index (χ0v) is 24.1. The van der Waals surface area contributed by atoms with E-state index in [-0.39, 0.29) is 17.6 Å². The fourth-order valence-corrected chi connectivity index (χ4v) is 4.31. The molecule has 0 unspecified atom stereocenters. The first-order valence-corrected chi connectivity index (χ1v) is 13.4. The second-order valence-electron chi connectivity index (χ2n) is 10.3. The Morgan fingerprint density at radius 1 is 1.05 bits per heavy atom. The number of allylic oxidation sites excluding steroid dienone is 1. The summed E-state index contributed by atoms with van der Waals surface area (Å²) < 4.78 is 7.99. The topological polar surface area (TPSA) is 72.5 Å². The van der Waals surface area contributed by atoms with Gasteiger partial charge in [-0.2, -0.15) is 5.10 Å². The number of nitrogens with zero attached hydrogens (tertiary/aromatic N) is 4. The molecule has 3 rings (SSSR count). The SMILES string of the molecule is C=CN=C(/C=C\CC)COc1ccc(-c2nn(C(C)(C)CC(C)(C)CO)cc2-c2ccncc2)cc1.CC. The number of benzene rings is 1. The van der Waals surface area contributed by atoms with Crippen molar-refractivity contribution in [1.29, 1.82) is 0 Å². The van der Waals surface area contributed by atoms with Gasteiger partial charge in [0.1, 0.15) is 18.1 Å². The molecule has 6 heteroatoms. The molecule has 0 saturated carbocycles. The van der Waals surface area contributed by atoms with Crippen LogP contribution in [-0.4, -0.2) is 38.8 Å². The number of rotatable bonds is 12. The first-order valence-electron chi connectivity index (χ1n) is 13.4. The van der Waals surface area contributed by atoms with Crippen molar-refractivity contribution in [2.24, 2.45) is 10.4 Å². The summed E-state index contributed by atoms with van der Waals surface area (Å²) in [6.45, 7) is 18.7. The molecule has 0 aliphatic heterocycles. The van der Waals surface area contributed by atoms with Crippen LogP contribution in [0, 0.1) is 5.41 Å². The number of hydrogen-bond acceptors (Lipinski definition) is 5. The molecule has 1 aromatic carbocycles. The van der Waals surface area contributed by atoms with Gasteiger partial charge in [-0.25, -0.2) is 0 Å². The number of pyridine rings is 1. The molecule has 204 valence electrons. The van der Waals surface area contributed by atoms with Gasteiger partial charge in [-0.15, -0.1) is 0 Å². The van der Waals surface area contributed by atoms with Crippen LogP contribution >= 0.6 is 0 Å². The summed E-state index contributed by atoms with van der Waals surface area (Å²) in [4.78, 5) is 8.45. The van der Waals surface area contributed by atoms with E-state index in [0.29, 0.717) is 6.61 Å². The van der Waals surface area contributed by atoms with Crippen LogP contribution in [0.25, 0.3) is 22.4 Å². The Bertz CT molecular complexity index is 1190. The Hall–Kier alpha value is -3.51. The monoisotopic (exact) mass is 516 g/mol. The molecule has 0 fully saturated rings. The highest BCUT2D eigenvalue weighted by Crippen LogP contribution is 2.37. The van der Waals surface area contributed by atoms with Gasteiger partial charge in [-0.3, -0.25) is 14.7 Å². The summed E-state index contributed by atoms with van der Waals surface area (Å²) in [5.74, 6) is 0.760. The standard InChI is InChI=1S/C30H38N4O2.C2H6/c1-7-9-10-25(32-8-2)20-36-26-13-11-24(12-14-26)28-27(23-15-17-31-18-16-23)19-34(33-28)30(5,6)21-29(3,4)22-35;1-2/h8-19,35H,2,7,20-22H2,1,3-6H3;1-2H3/b10-9-,32-25?;. The lowest BCUT2D eigenvalue weighted by atomic mass is 9.81. The summed E-state index contributed by atoms with van der Waals surface area (Å²) >= 11 is 0. The average Bonchev–Trinajstić information content (AvgIpc) is 3.38. The van der Waals surface area contributed by atoms with Crippen molar-refractivity contribution < 1.29 is 9.84 Å². The Kier molecular flexibility index (Phi) is 11.7. The maximum Gasteiger partial charge on any atom is 0.130 e. The third-order valence-electron chi connectivity index (χ3n) is 5.98. The van der Waals surface area contributed by atoms with E-state index >= 15 is 0 Å². The van der Waals surface area contributed by atoms with Gasteiger partial charge in [0.25, 0.3) is 0 Å². The summed E-state index contributed by atoms with van der Waals surface area (Å²) in [6.07, 6.45) is 12.9. The van der Waals surface area contributed by atoms with Gasteiger partial charge in [0.15, 0.2) is 0 Å². The van der Waals surface area contributed by atoms with E-state index in [1.165, 1.54) is 6.20 Å². The second kappa shape index (κ2) is 14.4. The highest BCUT2D eigenvalue weighted by atomic mass is 16.5. The van der Waals surface area contributed by atoms with Crippen molar-refractivity contribution in [2.75, 3.05) is 13.2 Å². The average molecular weight is 517 g/mol. The highest BCUT2D eigenvalue weighted by Gasteiger charge is 2.31. The summed E-state index contributed by atoms with van der Waals surface area (Å²) in [5.41, 5.74) is 4.29. The maximum atomic E-state index is 9.83. The lowest BCUT2D eigenvalue weighted by molar-refractivity contribution is 0.101. The molecular weight excluding hydrogens is 472 g/mol. The van der Waals surface area contributed by atoms with Gasteiger partial charge in [-0.05, 0) is 80.1 Å². The van der Waals surface area contributed by atoms with Crippen LogP contribution in [0.2, 0.25) is 0 Å². The number of aliphatic hydroxyl groups excluding tert-OH is 1. The number of hydrogen-bond donors (Lipinski definition) is 1. The molecule has 6 nitrogen and oxygen atoms in total. The van der Waals surface area contributed by atoms with E-state index in [1.807, 2.05) is 61.0 Å². The highest BCUT2D eigenvalue weighted by molar-refractivity contribution is 5.96. The molecule has 0 atom stereocenters. The minimum absolute atomic E-state index is 0.122. The van der Waals surface area contributed by atoms with Crippen molar-refractivity contribution in [2.45, 2.75) is 66.8 Å². The Morgan fingerprint density at radius 2 is 1.71 bits per heavy atom.